The molecule has 280 valence electrons. The molecule has 4 heterocycles. The van der Waals surface area contributed by atoms with Gasteiger partial charge in [-0.2, -0.15) is 12.1 Å². The van der Waals surface area contributed by atoms with E-state index in [1.165, 1.54) is 27.9 Å². The van der Waals surface area contributed by atoms with E-state index in [2.05, 4.69) is 160 Å². The van der Waals surface area contributed by atoms with Gasteiger partial charge in [0.1, 0.15) is 17.0 Å². The largest absolute Gasteiger partial charge is 0.509 e. The summed E-state index contributed by atoms with van der Waals surface area (Å²) in [6.07, 6.45) is 1.90. The minimum atomic E-state index is -0.0605. The third-order valence-electron chi connectivity index (χ3n) is 10.7. The number of para-hydroxylation sites is 3. The Labute approximate surface area is 341 Å². The molecule has 6 aromatic carbocycles. The van der Waals surface area contributed by atoms with Gasteiger partial charge in [0.05, 0.1) is 10.9 Å². The molecule has 10 rings (SSSR count). The number of benzene rings is 6. The Balaban J connectivity index is 0.00000410. The number of hydrogen-bond donors (Lipinski definition) is 0. The molecule has 0 bridgehead atoms. The number of fused-ring (bicyclic) bond motifs is 8. The smallest absolute Gasteiger partial charge is 0.137 e. The van der Waals surface area contributed by atoms with Crippen molar-refractivity contribution >= 4 is 66.5 Å². The molecule has 0 atom stereocenters. The summed E-state index contributed by atoms with van der Waals surface area (Å²) in [5, 5.41) is 4.27. The Hall–Kier alpha value is -5.84. The van der Waals surface area contributed by atoms with Gasteiger partial charge in [-0.25, -0.2) is 4.98 Å². The Morgan fingerprint density at radius 2 is 1.39 bits per heavy atom. The maximum Gasteiger partial charge on any atom is 0.137 e. The first-order valence-electron chi connectivity index (χ1n) is 18.7. The predicted molar refractivity (Wildman–Crippen MR) is 224 cm³/mol. The summed E-state index contributed by atoms with van der Waals surface area (Å²) in [7, 11) is 0. The molecule has 7 heteroatoms. The average molecular weight is 911 g/mol. The summed E-state index contributed by atoms with van der Waals surface area (Å²) >= 11 is 0. The second-order valence-corrected chi connectivity index (χ2v) is 15.6. The summed E-state index contributed by atoms with van der Waals surface area (Å²) in [5.74, 6) is 2.00. The zero-order chi connectivity index (χ0) is 37.6. The van der Waals surface area contributed by atoms with Gasteiger partial charge in [-0.15, -0.1) is 48.1 Å². The zero-order valence-electron chi connectivity index (χ0n) is 32.0. The van der Waals surface area contributed by atoms with Gasteiger partial charge in [0.15, 0.2) is 0 Å². The van der Waals surface area contributed by atoms with Crippen LogP contribution in [0, 0.1) is 39.6 Å². The number of pyridine rings is 1. The van der Waals surface area contributed by atoms with Gasteiger partial charge < -0.3 is 23.5 Å². The first-order chi connectivity index (χ1) is 26.6. The summed E-state index contributed by atoms with van der Waals surface area (Å²) in [4.78, 5) is 9.41. The molecule has 6 nitrogen and oxygen atoms in total. The van der Waals surface area contributed by atoms with Crippen LogP contribution in [0.2, 0.25) is 0 Å². The van der Waals surface area contributed by atoms with E-state index in [-0.39, 0.29) is 26.5 Å². The van der Waals surface area contributed by atoms with Crippen LogP contribution in [0.1, 0.15) is 43.0 Å². The van der Waals surface area contributed by atoms with E-state index < -0.39 is 0 Å². The van der Waals surface area contributed by atoms with Crippen molar-refractivity contribution in [3.05, 3.63) is 163 Å². The number of aromatic nitrogens is 2. The molecule has 0 unspecified atom stereocenters. The first kappa shape index (κ1) is 35.8. The minimum Gasteiger partial charge on any atom is -0.509 e. The Morgan fingerprint density at radius 3 is 2.18 bits per heavy atom. The van der Waals surface area contributed by atoms with Crippen LogP contribution in [0.25, 0.3) is 49.6 Å². The van der Waals surface area contributed by atoms with Crippen LogP contribution in [0.3, 0.4) is 0 Å². The Morgan fingerprint density at radius 1 is 0.679 bits per heavy atom. The molecule has 0 fully saturated rings. The molecule has 1 aliphatic rings. The van der Waals surface area contributed by atoms with Crippen LogP contribution < -0.4 is 14.5 Å². The van der Waals surface area contributed by atoms with Crippen molar-refractivity contribution < 1.29 is 30.2 Å². The molecular weight excluding hydrogens is 872 g/mol. The van der Waals surface area contributed by atoms with E-state index in [1.807, 2.05) is 36.5 Å². The van der Waals surface area contributed by atoms with Crippen LogP contribution in [-0.4, -0.2) is 9.55 Å². The normalized spacial score (nSPS) is 12.9. The number of aryl methyl sites for hydroxylation is 3. The first-order valence-corrected chi connectivity index (χ1v) is 18.7. The van der Waals surface area contributed by atoms with Gasteiger partial charge in [-0.3, -0.25) is 0 Å². The molecule has 0 amide bonds. The third kappa shape index (κ3) is 5.78. The van der Waals surface area contributed by atoms with E-state index >= 15 is 0 Å². The summed E-state index contributed by atoms with van der Waals surface area (Å²) in [6, 6.07) is 47.1. The summed E-state index contributed by atoms with van der Waals surface area (Å²) in [5.41, 5.74) is 12.7. The Bertz CT molecular complexity index is 2970. The Kier molecular flexibility index (Phi) is 8.59. The van der Waals surface area contributed by atoms with Crippen molar-refractivity contribution in [2.24, 2.45) is 0 Å². The SMILES string of the molecule is Cc1cc(C)c(N2[CH-]N(c3[c-]c(Oc4[c-]c5c(cc4)c4ccc6oc7ccccc7c6c4n5-c4cc(C(C)(C)C)ccn4)ccc3)c3ccccc32)c(C)c1.[Pt]. The van der Waals surface area contributed by atoms with E-state index in [0.29, 0.717) is 11.5 Å². The molecule has 0 N–H and O–H groups in total. The van der Waals surface area contributed by atoms with E-state index in [4.69, 9.17) is 14.1 Å². The fourth-order valence-electron chi connectivity index (χ4n) is 8.30. The molecule has 1 aliphatic heterocycles. The molecule has 56 heavy (non-hydrogen) atoms. The van der Waals surface area contributed by atoms with Crippen molar-refractivity contribution in [2.45, 2.75) is 47.0 Å². The van der Waals surface area contributed by atoms with Crippen LogP contribution in [0.15, 0.2) is 126 Å². The van der Waals surface area contributed by atoms with Crippen molar-refractivity contribution in [2.75, 3.05) is 9.80 Å². The quantitative estimate of drug-likeness (QED) is 0.161. The van der Waals surface area contributed by atoms with Crippen LogP contribution in [-0.2, 0) is 26.5 Å². The van der Waals surface area contributed by atoms with Gasteiger partial charge in [-0.1, -0.05) is 80.4 Å². The van der Waals surface area contributed by atoms with E-state index in [0.717, 1.165) is 66.6 Å². The number of hydrogen-bond acceptors (Lipinski definition) is 5. The maximum atomic E-state index is 6.63. The summed E-state index contributed by atoms with van der Waals surface area (Å²) in [6.45, 7) is 15.3. The number of nitrogens with zero attached hydrogens (tertiary/aromatic N) is 4. The number of anilines is 4. The van der Waals surface area contributed by atoms with Crippen molar-refractivity contribution in [1.82, 2.24) is 9.55 Å². The fraction of sp³-hybridized carbons (Fsp3) is 0.143. The average Bonchev–Trinajstić information content (AvgIpc) is 3.84. The second-order valence-electron chi connectivity index (χ2n) is 15.6. The fourth-order valence-corrected chi connectivity index (χ4v) is 8.30. The maximum absolute atomic E-state index is 6.63. The molecular formula is C49H39N4O2Pt-3. The van der Waals surface area contributed by atoms with Crippen LogP contribution in [0.5, 0.6) is 11.5 Å². The third-order valence-corrected chi connectivity index (χ3v) is 10.7. The van der Waals surface area contributed by atoms with Crippen LogP contribution in [0.4, 0.5) is 22.7 Å². The van der Waals surface area contributed by atoms with Crippen molar-refractivity contribution in [3.63, 3.8) is 0 Å². The van der Waals surface area contributed by atoms with Crippen molar-refractivity contribution in [3.8, 4) is 17.3 Å². The van der Waals surface area contributed by atoms with Gasteiger partial charge in [-0.05, 0) is 84.7 Å². The van der Waals surface area contributed by atoms with Gasteiger partial charge >= 0.3 is 0 Å². The van der Waals surface area contributed by atoms with Gasteiger partial charge in [0, 0.05) is 61.2 Å². The van der Waals surface area contributed by atoms with E-state index in [9.17, 15) is 0 Å². The number of furan rings is 1. The van der Waals surface area contributed by atoms with Gasteiger partial charge in [0.2, 0.25) is 0 Å². The molecule has 0 spiro atoms. The molecule has 9 aromatic rings. The second kappa shape index (κ2) is 13.4. The zero-order valence-corrected chi connectivity index (χ0v) is 34.3. The summed E-state index contributed by atoms with van der Waals surface area (Å²) < 4.78 is 15.2. The van der Waals surface area contributed by atoms with Crippen molar-refractivity contribution in [1.29, 1.82) is 0 Å². The molecule has 0 aliphatic carbocycles. The van der Waals surface area contributed by atoms with Crippen LogP contribution >= 0.6 is 0 Å². The minimum absolute atomic E-state index is 0. The molecule has 0 saturated heterocycles. The molecule has 0 radical (unpaired) electrons. The number of rotatable bonds is 5. The van der Waals surface area contributed by atoms with Gasteiger partial charge in [0.25, 0.3) is 0 Å². The standard InChI is InChI=1S/C49H39N4O2.Pt/c1-30-24-31(2)47(32(3)25-30)52-29-51(40-15-8-9-16-41(40)52)34-12-11-13-35(27-34)54-36-18-19-37-38-20-21-44-46(39-14-7-10-17-43(39)55-44)48(38)53(42(37)28-36)45-26-33(22-23-50-45)49(4,5)6;/h7-26,29H,1-6H3;/q-3;. The van der Waals surface area contributed by atoms with E-state index in [1.54, 1.807) is 0 Å². The monoisotopic (exact) mass is 910 g/mol. The molecule has 3 aromatic heterocycles. The number of ether oxygens (including phenoxy) is 1. The molecule has 0 saturated carbocycles. The topological polar surface area (TPSA) is 46.7 Å². The predicted octanol–water partition coefficient (Wildman–Crippen LogP) is 13.1.